The van der Waals surface area contributed by atoms with Crippen molar-refractivity contribution in [1.29, 1.82) is 0 Å². The van der Waals surface area contributed by atoms with Crippen LogP contribution in [-0.2, 0) is 4.79 Å². The fourth-order valence-corrected chi connectivity index (χ4v) is 4.37. The van der Waals surface area contributed by atoms with Gasteiger partial charge in [0.15, 0.2) is 0 Å². The predicted octanol–water partition coefficient (Wildman–Crippen LogP) is 5.53. The molecule has 0 spiro atoms. The zero-order chi connectivity index (χ0) is 21.3. The molecule has 0 saturated heterocycles. The van der Waals surface area contributed by atoms with Crippen molar-refractivity contribution in [3.05, 3.63) is 95.6 Å². The molecule has 0 unspecified atom stereocenters. The first-order valence-corrected chi connectivity index (χ1v) is 10.3. The molecule has 2 atom stereocenters. The lowest BCUT2D eigenvalue weighted by Gasteiger charge is -2.43. The van der Waals surface area contributed by atoms with E-state index < -0.39 is 0 Å². The number of para-hydroxylation sites is 2. The molecule has 0 aromatic heterocycles. The fourth-order valence-electron chi connectivity index (χ4n) is 4.37. The SMILES string of the molecule is CC(=O)N1c2ccccc2[C@H](N(C(=O)c2ccc(C)cc2)c2ccccc2)C[C@@H]1C. The number of aryl methyl sites for hydroxylation is 1. The standard InChI is InChI=1S/C26H26N2O2/c1-18-13-15-21(16-14-18)26(30)28(22-9-5-4-6-10-22)25-17-19(2)27(20(3)29)24-12-8-7-11-23(24)25/h4-16,19,25H,17H2,1-3H3/t19-,25+/m0/s1. The van der Waals surface area contributed by atoms with Crippen molar-refractivity contribution in [3.8, 4) is 0 Å². The van der Waals surface area contributed by atoms with Crippen LogP contribution in [0.3, 0.4) is 0 Å². The van der Waals surface area contributed by atoms with Gasteiger partial charge in [-0.25, -0.2) is 0 Å². The maximum absolute atomic E-state index is 13.7. The number of anilines is 2. The molecule has 1 aliphatic heterocycles. The molecular formula is C26H26N2O2. The van der Waals surface area contributed by atoms with Gasteiger partial charge >= 0.3 is 0 Å². The van der Waals surface area contributed by atoms with Crippen LogP contribution in [0, 0.1) is 6.92 Å². The summed E-state index contributed by atoms with van der Waals surface area (Å²) in [7, 11) is 0. The molecule has 0 aliphatic carbocycles. The van der Waals surface area contributed by atoms with Crippen LogP contribution < -0.4 is 9.80 Å². The number of hydrogen-bond donors (Lipinski definition) is 0. The summed E-state index contributed by atoms with van der Waals surface area (Å²) in [5, 5.41) is 0. The van der Waals surface area contributed by atoms with Crippen LogP contribution in [-0.4, -0.2) is 17.9 Å². The number of hydrogen-bond acceptors (Lipinski definition) is 2. The van der Waals surface area contributed by atoms with E-state index in [-0.39, 0.29) is 23.9 Å². The summed E-state index contributed by atoms with van der Waals surface area (Å²) in [5.74, 6) is -0.0194. The summed E-state index contributed by atoms with van der Waals surface area (Å²) >= 11 is 0. The first-order chi connectivity index (χ1) is 14.5. The molecule has 30 heavy (non-hydrogen) atoms. The molecule has 1 heterocycles. The summed E-state index contributed by atoms with van der Waals surface area (Å²) < 4.78 is 0. The Balaban J connectivity index is 1.85. The van der Waals surface area contributed by atoms with Crippen LogP contribution in [0.25, 0.3) is 0 Å². The largest absolute Gasteiger partial charge is 0.309 e. The molecule has 0 bridgehead atoms. The summed E-state index contributed by atoms with van der Waals surface area (Å²) in [4.78, 5) is 29.8. The summed E-state index contributed by atoms with van der Waals surface area (Å²) in [6, 6.07) is 25.2. The van der Waals surface area contributed by atoms with Gasteiger partial charge in [0.05, 0.1) is 6.04 Å². The smallest absolute Gasteiger partial charge is 0.258 e. The zero-order valence-corrected chi connectivity index (χ0v) is 17.6. The Labute approximate surface area is 177 Å². The van der Waals surface area contributed by atoms with Crippen molar-refractivity contribution in [2.24, 2.45) is 0 Å². The van der Waals surface area contributed by atoms with Gasteiger partial charge in [0, 0.05) is 29.9 Å². The molecule has 152 valence electrons. The van der Waals surface area contributed by atoms with Crippen LogP contribution in [0.1, 0.15) is 47.8 Å². The molecule has 0 radical (unpaired) electrons. The highest BCUT2D eigenvalue weighted by molar-refractivity contribution is 6.07. The second kappa shape index (κ2) is 8.15. The number of rotatable bonds is 3. The quantitative estimate of drug-likeness (QED) is 0.582. The van der Waals surface area contributed by atoms with Gasteiger partial charge in [-0.2, -0.15) is 0 Å². The Morgan fingerprint density at radius 2 is 1.53 bits per heavy atom. The molecule has 4 rings (SSSR count). The topological polar surface area (TPSA) is 40.6 Å². The van der Waals surface area contributed by atoms with Crippen LogP contribution in [0.2, 0.25) is 0 Å². The van der Waals surface area contributed by atoms with Crippen LogP contribution in [0.5, 0.6) is 0 Å². The van der Waals surface area contributed by atoms with Crippen LogP contribution in [0.4, 0.5) is 11.4 Å². The van der Waals surface area contributed by atoms with Gasteiger partial charge in [-0.1, -0.05) is 54.1 Å². The molecule has 0 saturated carbocycles. The van der Waals surface area contributed by atoms with Crippen LogP contribution in [0.15, 0.2) is 78.9 Å². The number of amides is 2. The van der Waals surface area contributed by atoms with E-state index in [1.807, 2.05) is 103 Å². The van der Waals surface area contributed by atoms with E-state index in [0.29, 0.717) is 12.0 Å². The molecule has 1 aliphatic rings. The van der Waals surface area contributed by atoms with Gasteiger partial charge in [0.1, 0.15) is 0 Å². The highest BCUT2D eigenvalue weighted by Crippen LogP contribution is 2.42. The molecule has 0 fully saturated rings. The molecule has 4 heteroatoms. The second-order valence-electron chi connectivity index (χ2n) is 7.93. The first-order valence-electron chi connectivity index (χ1n) is 10.3. The minimum Gasteiger partial charge on any atom is -0.309 e. The predicted molar refractivity (Wildman–Crippen MR) is 121 cm³/mol. The molecule has 0 N–H and O–H groups in total. The maximum Gasteiger partial charge on any atom is 0.258 e. The molecule has 2 amide bonds. The van der Waals surface area contributed by atoms with Gasteiger partial charge in [-0.05, 0) is 56.2 Å². The maximum atomic E-state index is 13.7. The third kappa shape index (κ3) is 3.61. The summed E-state index contributed by atoms with van der Waals surface area (Å²) in [5.41, 5.74) is 4.50. The van der Waals surface area contributed by atoms with E-state index >= 15 is 0 Å². The minimum absolute atomic E-state index is 0.0144. The Morgan fingerprint density at radius 1 is 0.900 bits per heavy atom. The monoisotopic (exact) mass is 398 g/mol. The Hall–Kier alpha value is -3.40. The third-order valence-corrected chi connectivity index (χ3v) is 5.76. The van der Waals surface area contributed by atoms with Crippen molar-refractivity contribution in [2.45, 2.75) is 39.3 Å². The number of carbonyl (C=O) groups excluding carboxylic acids is 2. The normalized spacial score (nSPS) is 17.9. The Bertz CT molecular complexity index is 1060. The third-order valence-electron chi connectivity index (χ3n) is 5.76. The molecule has 3 aromatic rings. The van der Waals surface area contributed by atoms with Gasteiger partial charge in [-0.3, -0.25) is 9.59 Å². The van der Waals surface area contributed by atoms with E-state index in [9.17, 15) is 9.59 Å². The van der Waals surface area contributed by atoms with E-state index in [4.69, 9.17) is 0 Å². The average molecular weight is 399 g/mol. The number of nitrogens with zero attached hydrogens (tertiary/aromatic N) is 2. The fraction of sp³-hybridized carbons (Fsp3) is 0.231. The zero-order valence-electron chi connectivity index (χ0n) is 17.6. The van der Waals surface area contributed by atoms with Crippen LogP contribution >= 0.6 is 0 Å². The van der Waals surface area contributed by atoms with Gasteiger partial charge in [0.2, 0.25) is 5.91 Å². The lowest BCUT2D eigenvalue weighted by molar-refractivity contribution is -0.117. The van der Waals surface area contributed by atoms with E-state index in [2.05, 4.69) is 0 Å². The Morgan fingerprint density at radius 3 is 2.20 bits per heavy atom. The van der Waals surface area contributed by atoms with E-state index in [0.717, 1.165) is 22.5 Å². The lowest BCUT2D eigenvalue weighted by Crippen LogP contribution is -2.47. The second-order valence-corrected chi connectivity index (χ2v) is 7.93. The van der Waals surface area contributed by atoms with Crippen molar-refractivity contribution >= 4 is 23.2 Å². The van der Waals surface area contributed by atoms with Gasteiger partial charge in [-0.15, -0.1) is 0 Å². The highest BCUT2D eigenvalue weighted by atomic mass is 16.2. The number of benzene rings is 3. The number of fused-ring (bicyclic) bond motifs is 1. The lowest BCUT2D eigenvalue weighted by atomic mass is 9.89. The average Bonchev–Trinajstić information content (AvgIpc) is 2.75. The highest BCUT2D eigenvalue weighted by Gasteiger charge is 2.37. The minimum atomic E-state index is -0.164. The molecule has 3 aromatic carbocycles. The molecular weight excluding hydrogens is 372 g/mol. The van der Waals surface area contributed by atoms with Crippen molar-refractivity contribution in [1.82, 2.24) is 0 Å². The van der Waals surface area contributed by atoms with Crippen molar-refractivity contribution in [3.63, 3.8) is 0 Å². The summed E-state index contributed by atoms with van der Waals surface area (Å²) in [6.45, 7) is 5.66. The first kappa shape index (κ1) is 19.9. The van der Waals surface area contributed by atoms with E-state index in [1.165, 1.54) is 0 Å². The van der Waals surface area contributed by atoms with Crippen molar-refractivity contribution < 1.29 is 9.59 Å². The van der Waals surface area contributed by atoms with E-state index in [1.54, 1.807) is 6.92 Å². The summed E-state index contributed by atoms with van der Waals surface area (Å²) in [6.07, 6.45) is 0.670. The molecule has 4 nitrogen and oxygen atoms in total. The van der Waals surface area contributed by atoms with Gasteiger partial charge in [0.25, 0.3) is 5.91 Å². The number of carbonyl (C=O) groups is 2. The Kier molecular flexibility index (Phi) is 5.40. The van der Waals surface area contributed by atoms with Gasteiger partial charge < -0.3 is 9.80 Å². The van der Waals surface area contributed by atoms with Crippen molar-refractivity contribution in [2.75, 3.05) is 9.80 Å².